The molecule has 2 aromatic rings. The van der Waals surface area contributed by atoms with Gasteiger partial charge in [0.15, 0.2) is 0 Å². The summed E-state index contributed by atoms with van der Waals surface area (Å²) < 4.78 is 0. The first-order chi connectivity index (χ1) is 7.28. The molecule has 0 aliphatic carbocycles. The number of hydrogen-bond acceptors (Lipinski definition) is 3. The topological polar surface area (TPSA) is 67.6 Å². The predicted molar refractivity (Wildman–Crippen MR) is 59.4 cm³/mol. The maximum atomic E-state index is 5.61. The molecule has 0 saturated carbocycles. The number of aryl methyl sites for hydroxylation is 1. The number of hydrogen-bond donors (Lipinski definition) is 2. The normalized spacial score (nSPS) is 10.5. The van der Waals surface area contributed by atoms with Gasteiger partial charge in [0.1, 0.15) is 11.6 Å². The lowest BCUT2D eigenvalue weighted by Gasteiger charge is -1.98. The number of anilines is 1. The molecule has 0 spiro atoms. The first kappa shape index (κ1) is 9.71. The van der Waals surface area contributed by atoms with Gasteiger partial charge in [0, 0.05) is 18.5 Å². The van der Waals surface area contributed by atoms with Gasteiger partial charge in [0.25, 0.3) is 0 Å². The van der Waals surface area contributed by atoms with Gasteiger partial charge in [-0.05, 0) is 17.7 Å². The smallest absolute Gasteiger partial charge is 0.150 e. The quantitative estimate of drug-likeness (QED) is 0.742. The van der Waals surface area contributed by atoms with E-state index in [1.807, 2.05) is 31.2 Å². The molecule has 2 rings (SSSR count). The van der Waals surface area contributed by atoms with Crippen molar-refractivity contribution in [2.45, 2.75) is 19.8 Å². The van der Waals surface area contributed by atoms with Crippen molar-refractivity contribution in [1.29, 1.82) is 0 Å². The Kier molecular flexibility index (Phi) is 2.67. The highest BCUT2D eigenvalue weighted by atomic mass is 15.2. The van der Waals surface area contributed by atoms with Gasteiger partial charge in [-0.25, -0.2) is 4.98 Å². The second kappa shape index (κ2) is 4.13. The minimum Gasteiger partial charge on any atom is -0.399 e. The van der Waals surface area contributed by atoms with Gasteiger partial charge in [0.2, 0.25) is 0 Å². The number of H-pyrrole nitrogens is 1. The number of nitrogens with two attached hydrogens (primary N) is 1. The fraction of sp³-hybridized carbons (Fsp3) is 0.273. The fourth-order valence-corrected chi connectivity index (χ4v) is 1.40. The molecule has 78 valence electrons. The predicted octanol–water partition coefficient (Wildman–Crippen LogP) is 1.54. The molecule has 0 aliphatic rings. The first-order valence-electron chi connectivity index (χ1n) is 5.02. The Hall–Kier alpha value is -1.84. The van der Waals surface area contributed by atoms with E-state index in [2.05, 4.69) is 15.2 Å². The molecule has 15 heavy (non-hydrogen) atoms. The van der Waals surface area contributed by atoms with Crippen LogP contribution in [-0.2, 0) is 12.8 Å². The number of nitrogens with one attached hydrogen (secondary N) is 1. The zero-order valence-electron chi connectivity index (χ0n) is 8.70. The van der Waals surface area contributed by atoms with Gasteiger partial charge in [-0.3, -0.25) is 5.10 Å². The summed E-state index contributed by atoms with van der Waals surface area (Å²) >= 11 is 0. The van der Waals surface area contributed by atoms with E-state index in [1.54, 1.807) is 0 Å². The highest BCUT2D eigenvalue weighted by Gasteiger charge is 2.02. The van der Waals surface area contributed by atoms with E-state index in [0.29, 0.717) is 0 Å². The molecule has 1 aromatic heterocycles. The summed E-state index contributed by atoms with van der Waals surface area (Å²) in [5, 5.41) is 7.02. The fourth-order valence-electron chi connectivity index (χ4n) is 1.40. The maximum absolute atomic E-state index is 5.61. The van der Waals surface area contributed by atoms with Gasteiger partial charge in [-0.15, -0.1) is 0 Å². The maximum Gasteiger partial charge on any atom is 0.150 e. The number of aromatic nitrogens is 3. The second-order valence-corrected chi connectivity index (χ2v) is 3.47. The van der Waals surface area contributed by atoms with E-state index in [9.17, 15) is 0 Å². The van der Waals surface area contributed by atoms with Crippen LogP contribution in [0.3, 0.4) is 0 Å². The van der Waals surface area contributed by atoms with Crippen molar-refractivity contribution in [1.82, 2.24) is 15.2 Å². The summed E-state index contributed by atoms with van der Waals surface area (Å²) in [6.07, 6.45) is 1.63. The highest BCUT2D eigenvalue weighted by Crippen LogP contribution is 2.09. The van der Waals surface area contributed by atoms with E-state index in [0.717, 1.165) is 30.2 Å². The van der Waals surface area contributed by atoms with Crippen LogP contribution in [0.25, 0.3) is 0 Å². The standard InChI is InChI=1S/C11H14N4/c1-2-10-13-11(15-14-10)7-8-3-5-9(12)6-4-8/h3-6H,2,7,12H2,1H3,(H,13,14,15). The van der Waals surface area contributed by atoms with Crippen molar-refractivity contribution < 1.29 is 0 Å². The number of nitrogen functional groups attached to an aromatic ring is 1. The van der Waals surface area contributed by atoms with Gasteiger partial charge in [0.05, 0.1) is 0 Å². The minimum atomic E-state index is 0.771. The molecule has 0 fully saturated rings. The van der Waals surface area contributed by atoms with E-state index >= 15 is 0 Å². The molecule has 1 aromatic carbocycles. The molecule has 4 nitrogen and oxygen atoms in total. The molecule has 1 heterocycles. The summed E-state index contributed by atoms with van der Waals surface area (Å²) in [4.78, 5) is 4.35. The van der Waals surface area contributed by atoms with Gasteiger partial charge < -0.3 is 5.73 Å². The Bertz CT molecular complexity index is 430. The van der Waals surface area contributed by atoms with Gasteiger partial charge in [-0.2, -0.15) is 5.10 Å². The molecule has 0 amide bonds. The third-order valence-corrected chi connectivity index (χ3v) is 2.25. The van der Waals surface area contributed by atoms with Crippen molar-refractivity contribution >= 4 is 5.69 Å². The average Bonchev–Trinajstić information content (AvgIpc) is 2.69. The summed E-state index contributed by atoms with van der Waals surface area (Å²) in [6.45, 7) is 2.04. The lowest BCUT2D eigenvalue weighted by Crippen LogP contribution is -1.92. The van der Waals surface area contributed by atoms with Gasteiger partial charge >= 0.3 is 0 Å². The van der Waals surface area contributed by atoms with Crippen LogP contribution >= 0.6 is 0 Å². The molecule has 0 saturated heterocycles. The molecular weight excluding hydrogens is 188 g/mol. The van der Waals surface area contributed by atoms with Crippen LogP contribution in [-0.4, -0.2) is 15.2 Å². The molecule has 4 heteroatoms. The SMILES string of the molecule is CCc1n[nH]c(Cc2ccc(N)cc2)n1. The Morgan fingerprint density at radius 3 is 2.60 bits per heavy atom. The van der Waals surface area contributed by atoms with Crippen molar-refractivity contribution in [3.63, 3.8) is 0 Å². The van der Waals surface area contributed by atoms with E-state index in [1.165, 1.54) is 5.56 Å². The molecule has 0 bridgehead atoms. The lowest BCUT2D eigenvalue weighted by molar-refractivity contribution is 0.942. The van der Waals surface area contributed by atoms with Crippen LogP contribution in [0.5, 0.6) is 0 Å². The first-order valence-corrected chi connectivity index (χ1v) is 5.02. The van der Waals surface area contributed by atoms with Crippen LogP contribution in [0.4, 0.5) is 5.69 Å². The number of nitrogens with zero attached hydrogens (tertiary/aromatic N) is 2. The lowest BCUT2D eigenvalue weighted by atomic mass is 10.1. The molecule has 0 aliphatic heterocycles. The second-order valence-electron chi connectivity index (χ2n) is 3.47. The van der Waals surface area contributed by atoms with Crippen molar-refractivity contribution in [2.24, 2.45) is 0 Å². The van der Waals surface area contributed by atoms with Crippen LogP contribution in [0.15, 0.2) is 24.3 Å². The van der Waals surface area contributed by atoms with Crippen LogP contribution < -0.4 is 5.73 Å². The summed E-state index contributed by atoms with van der Waals surface area (Å²) in [5.74, 6) is 1.76. The number of benzene rings is 1. The Labute approximate surface area is 88.5 Å². The third kappa shape index (κ3) is 2.34. The minimum absolute atomic E-state index is 0.771. The number of rotatable bonds is 3. The molecule has 0 unspecified atom stereocenters. The Morgan fingerprint density at radius 1 is 1.27 bits per heavy atom. The zero-order chi connectivity index (χ0) is 10.7. The molecule has 0 radical (unpaired) electrons. The van der Waals surface area contributed by atoms with E-state index in [4.69, 9.17) is 5.73 Å². The molecular formula is C11H14N4. The van der Waals surface area contributed by atoms with Crippen LogP contribution in [0, 0.1) is 0 Å². The van der Waals surface area contributed by atoms with Crippen LogP contribution in [0.1, 0.15) is 24.1 Å². The summed E-state index contributed by atoms with van der Waals surface area (Å²) in [5.41, 5.74) is 7.58. The highest BCUT2D eigenvalue weighted by molar-refractivity contribution is 5.39. The van der Waals surface area contributed by atoms with Crippen molar-refractivity contribution in [3.8, 4) is 0 Å². The summed E-state index contributed by atoms with van der Waals surface area (Å²) in [6, 6.07) is 7.80. The average molecular weight is 202 g/mol. The van der Waals surface area contributed by atoms with Crippen molar-refractivity contribution in [3.05, 3.63) is 41.5 Å². The van der Waals surface area contributed by atoms with Crippen LogP contribution in [0.2, 0.25) is 0 Å². The van der Waals surface area contributed by atoms with Gasteiger partial charge in [-0.1, -0.05) is 19.1 Å². The van der Waals surface area contributed by atoms with E-state index in [-0.39, 0.29) is 0 Å². The number of aromatic amines is 1. The largest absolute Gasteiger partial charge is 0.399 e. The monoisotopic (exact) mass is 202 g/mol. The Balaban J connectivity index is 2.11. The van der Waals surface area contributed by atoms with E-state index < -0.39 is 0 Å². The molecule has 3 N–H and O–H groups in total. The zero-order valence-corrected chi connectivity index (χ0v) is 8.70. The third-order valence-electron chi connectivity index (χ3n) is 2.25. The Morgan fingerprint density at radius 2 is 2.00 bits per heavy atom. The molecule has 0 atom stereocenters. The van der Waals surface area contributed by atoms with Crippen molar-refractivity contribution in [2.75, 3.05) is 5.73 Å². The summed E-state index contributed by atoms with van der Waals surface area (Å²) in [7, 11) is 0.